The van der Waals surface area contributed by atoms with E-state index in [2.05, 4.69) is 41.7 Å². The Labute approximate surface area is 158 Å². The number of rotatable bonds is 2. The Morgan fingerprint density at radius 3 is 2.83 bits per heavy atom. The molecule has 3 heteroatoms. The highest BCUT2D eigenvalue weighted by molar-refractivity contribution is 14.1. The molecule has 2 saturated carbocycles. The van der Waals surface area contributed by atoms with Gasteiger partial charge < -0.3 is 10.2 Å². The number of fused-ring (bicyclic) bond motifs is 5. The lowest BCUT2D eigenvalue weighted by atomic mass is 9.52. The lowest BCUT2D eigenvalue weighted by Crippen LogP contribution is -2.51. The molecule has 2 fully saturated rings. The first-order chi connectivity index (χ1) is 11.5. The predicted molar refractivity (Wildman–Crippen MR) is 105 cm³/mol. The summed E-state index contributed by atoms with van der Waals surface area (Å²) in [6, 6.07) is 5.98. The number of phenols is 1. The molecule has 2 nitrogen and oxygen atoms in total. The molecule has 1 aromatic rings. The normalized spacial score (nSPS) is 41.0. The second kappa shape index (κ2) is 6.01. The Morgan fingerprint density at radius 2 is 2.08 bits per heavy atom. The Balaban J connectivity index is 1.72. The minimum atomic E-state index is -0.617. The Hall–Kier alpha value is -0.550. The van der Waals surface area contributed by atoms with Gasteiger partial charge in [0.1, 0.15) is 5.75 Å². The van der Waals surface area contributed by atoms with Gasteiger partial charge in [0.25, 0.3) is 0 Å². The van der Waals surface area contributed by atoms with E-state index < -0.39 is 5.60 Å². The van der Waals surface area contributed by atoms with E-state index in [4.69, 9.17) is 0 Å². The molecule has 0 spiro atoms. The van der Waals surface area contributed by atoms with Gasteiger partial charge in [-0.3, -0.25) is 0 Å². The molecule has 0 aliphatic heterocycles. The van der Waals surface area contributed by atoms with Crippen LogP contribution in [-0.2, 0) is 6.42 Å². The van der Waals surface area contributed by atoms with Crippen molar-refractivity contribution in [2.75, 3.05) is 0 Å². The van der Waals surface area contributed by atoms with Crippen molar-refractivity contribution >= 4 is 22.6 Å². The summed E-state index contributed by atoms with van der Waals surface area (Å²) in [5.74, 6) is 2.33. The Morgan fingerprint density at radius 1 is 1.25 bits per heavy atom. The molecule has 0 aromatic heterocycles. The van der Waals surface area contributed by atoms with Crippen LogP contribution in [0.1, 0.15) is 62.5 Å². The number of phenolic OH excluding ortho intramolecular Hbond substituents is 1. The van der Waals surface area contributed by atoms with Crippen LogP contribution in [0.4, 0.5) is 0 Å². The number of hydrogen-bond donors (Lipinski definition) is 2. The first-order valence-corrected chi connectivity index (χ1v) is 10.6. The highest BCUT2D eigenvalue weighted by Crippen LogP contribution is 2.66. The summed E-state index contributed by atoms with van der Waals surface area (Å²) in [6.45, 7) is 2.28. The topological polar surface area (TPSA) is 40.5 Å². The van der Waals surface area contributed by atoms with E-state index in [1.54, 1.807) is 0 Å². The molecular formula is C21H27IO2. The van der Waals surface area contributed by atoms with Crippen molar-refractivity contribution in [3.8, 4) is 5.75 Å². The number of aryl methyl sites for hydroxylation is 1. The molecular weight excluding hydrogens is 409 g/mol. The average Bonchev–Trinajstić information content (AvgIpc) is 2.88. The number of hydrogen-bond acceptors (Lipinski definition) is 2. The SMILES string of the molecule is CC[C@]12CC[C@@H]3c4ccc(O)cc4CC[C@H]3[C@@H]1CC[C@@]2(O)/C=C/[125I]. The zero-order chi connectivity index (χ0) is 16.9. The van der Waals surface area contributed by atoms with E-state index in [1.165, 1.54) is 24.0 Å². The largest absolute Gasteiger partial charge is 0.508 e. The molecule has 5 atom stereocenters. The van der Waals surface area contributed by atoms with Crippen molar-refractivity contribution in [3.05, 3.63) is 39.5 Å². The smallest absolute Gasteiger partial charge is 0.115 e. The molecule has 0 amide bonds. The molecule has 3 aliphatic rings. The molecule has 24 heavy (non-hydrogen) atoms. The summed E-state index contributed by atoms with van der Waals surface area (Å²) in [4.78, 5) is 0. The summed E-state index contributed by atoms with van der Waals surface area (Å²) in [5, 5.41) is 21.2. The van der Waals surface area contributed by atoms with Gasteiger partial charge in [-0.15, -0.1) is 0 Å². The molecule has 130 valence electrons. The lowest BCUT2D eigenvalue weighted by Gasteiger charge is -2.54. The van der Waals surface area contributed by atoms with Crippen molar-refractivity contribution < 1.29 is 10.2 Å². The molecule has 0 heterocycles. The number of halogens is 1. The summed E-state index contributed by atoms with van der Waals surface area (Å²) in [5.41, 5.74) is 2.26. The van der Waals surface area contributed by atoms with Crippen LogP contribution in [0.2, 0.25) is 0 Å². The zero-order valence-corrected chi connectivity index (χ0v) is 16.5. The van der Waals surface area contributed by atoms with Crippen LogP contribution in [0.15, 0.2) is 28.4 Å². The summed E-state index contributed by atoms with van der Waals surface area (Å²) in [7, 11) is 0. The van der Waals surface area contributed by atoms with E-state index in [1.807, 2.05) is 16.2 Å². The monoisotopic (exact) mass is 436 g/mol. The van der Waals surface area contributed by atoms with Crippen LogP contribution in [0, 0.1) is 17.3 Å². The van der Waals surface area contributed by atoms with E-state index >= 15 is 0 Å². The first kappa shape index (κ1) is 16.9. The van der Waals surface area contributed by atoms with Crippen molar-refractivity contribution in [2.45, 2.75) is 63.4 Å². The third-order valence-electron chi connectivity index (χ3n) is 7.59. The third-order valence-corrected chi connectivity index (χ3v) is 7.95. The van der Waals surface area contributed by atoms with Crippen LogP contribution in [0.3, 0.4) is 0 Å². The summed E-state index contributed by atoms with van der Waals surface area (Å²) in [6.07, 6.45) is 9.78. The van der Waals surface area contributed by atoms with Crippen molar-refractivity contribution in [1.29, 1.82) is 0 Å². The molecule has 4 rings (SSSR count). The number of benzene rings is 1. The zero-order valence-electron chi connectivity index (χ0n) is 14.3. The molecule has 0 unspecified atom stereocenters. The quantitative estimate of drug-likeness (QED) is 0.617. The van der Waals surface area contributed by atoms with Gasteiger partial charge in [-0.25, -0.2) is 0 Å². The van der Waals surface area contributed by atoms with Gasteiger partial charge >= 0.3 is 0 Å². The molecule has 3 aliphatic carbocycles. The van der Waals surface area contributed by atoms with Crippen LogP contribution < -0.4 is 0 Å². The highest BCUT2D eigenvalue weighted by atomic mass is 125. The van der Waals surface area contributed by atoms with E-state index in [0.717, 1.165) is 32.1 Å². The predicted octanol–water partition coefficient (Wildman–Crippen LogP) is 5.32. The van der Waals surface area contributed by atoms with E-state index in [9.17, 15) is 10.2 Å². The van der Waals surface area contributed by atoms with Gasteiger partial charge in [-0.2, -0.15) is 0 Å². The highest BCUT2D eigenvalue weighted by Gasteiger charge is 2.61. The van der Waals surface area contributed by atoms with Crippen LogP contribution in [0.5, 0.6) is 5.75 Å². The van der Waals surface area contributed by atoms with Gasteiger partial charge in [-0.1, -0.05) is 35.6 Å². The average molecular weight is 436 g/mol. The number of aliphatic hydroxyl groups is 1. The minimum absolute atomic E-state index is 0.0598. The van der Waals surface area contributed by atoms with Gasteiger partial charge in [0.2, 0.25) is 0 Å². The first-order valence-electron chi connectivity index (χ1n) is 9.37. The van der Waals surface area contributed by atoms with E-state index in [0.29, 0.717) is 23.5 Å². The lowest BCUT2D eigenvalue weighted by molar-refractivity contribution is -0.0857. The van der Waals surface area contributed by atoms with E-state index in [-0.39, 0.29) is 5.41 Å². The maximum Gasteiger partial charge on any atom is 0.115 e. The second-order valence-electron chi connectivity index (χ2n) is 8.10. The van der Waals surface area contributed by atoms with Gasteiger partial charge in [-0.05, 0) is 96.1 Å². The third kappa shape index (κ3) is 2.23. The fraction of sp³-hybridized carbons (Fsp3) is 0.619. The van der Waals surface area contributed by atoms with Crippen LogP contribution >= 0.6 is 22.6 Å². The molecule has 0 bridgehead atoms. The van der Waals surface area contributed by atoms with Crippen molar-refractivity contribution in [2.24, 2.45) is 17.3 Å². The van der Waals surface area contributed by atoms with Crippen molar-refractivity contribution in [3.63, 3.8) is 0 Å². The van der Waals surface area contributed by atoms with Crippen LogP contribution in [-0.4, -0.2) is 15.8 Å². The van der Waals surface area contributed by atoms with Gasteiger partial charge in [0.15, 0.2) is 0 Å². The molecule has 0 radical (unpaired) electrons. The standard InChI is InChI=1S/C21H27IO2/c1-2-20-9-7-17-16-6-4-15(23)13-14(16)3-5-18(17)19(20)8-10-21(20,24)11-12-22/h4,6,11-13,17-19,23-24H,2-3,5,7-10H2,1H3/b12-11+/t17-,18-,19+,20+,21-/m1/s1/i22-2. The Bertz CT molecular complexity index is 670. The van der Waals surface area contributed by atoms with Crippen molar-refractivity contribution in [1.82, 2.24) is 0 Å². The molecule has 0 saturated heterocycles. The number of aromatic hydroxyl groups is 1. The maximum absolute atomic E-state index is 11.4. The summed E-state index contributed by atoms with van der Waals surface area (Å²) >= 11 is 2.25. The van der Waals surface area contributed by atoms with Gasteiger partial charge in [0, 0.05) is 5.41 Å². The Kier molecular flexibility index (Phi) is 4.23. The fourth-order valence-corrected chi connectivity index (χ4v) is 7.13. The fourth-order valence-electron chi connectivity index (χ4n) is 6.53. The summed E-state index contributed by atoms with van der Waals surface area (Å²) < 4.78 is 2.02. The van der Waals surface area contributed by atoms with Gasteiger partial charge in [0.05, 0.1) is 5.60 Å². The second-order valence-corrected chi connectivity index (χ2v) is 8.82. The minimum Gasteiger partial charge on any atom is -0.508 e. The molecule has 1 aromatic carbocycles. The van der Waals surface area contributed by atoms with Crippen LogP contribution in [0.25, 0.3) is 0 Å². The maximum atomic E-state index is 11.4. The molecule has 2 N–H and O–H groups in total.